The number of pyridine rings is 1. The van der Waals surface area contributed by atoms with Crippen molar-refractivity contribution in [2.75, 3.05) is 17.6 Å². The van der Waals surface area contributed by atoms with E-state index in [4.69, 9.17) is 17.3 Å². The summed E-state index contributed by atoms with van der Waals surface area (Å²) in [4.78, 5) is 4.24. The number of anilines is 2. The lowest BCUT2D eigenvalue weighted by Crippen LogP contribution is -2.19. The van der Waals surface area contributed by atoms with E-state index in [0.29, 0.717) is 10.7 Å². The minimum Gasteiger partial charge on any atom is -0.396 e. The second-order valence-electron chi connectivity index (χ2n) is 5.31. The van der Waals surface area contributed by atoms with Crippen molar-refractivity contribution in [2.24, 2.45) is 17.8 Å². The van der Waals surface area contributed by atoms with E-state index in [-0.39, 0.29) is 0 Å². The number of nitrogens with two attached hydrogens (primary N) is 1. The fourth-order valence-electron chi connectivity index (χ4n) is 2.58. The molecule has 0 spiro atoms. The van der Waals surface area contributed by atoms with E-state index in [2.05, 4.69) is 10.3 Å². The van der Waals surface area contributed by atoms with Crippen molar-refractivity contribution in [3.05, 3.63) is 17.3 Å². The molecule has 0 aromatic carbocycles. The van der Waals surface area contributed by atoms with Crippen LogP contribution in [0.1, 0.15) is 25.7 Å². The van der Waals surface area contributed by atoms with Crippen LogP contribution in [-0.4, -0.2) is 11.5 Å². The molecular weight excluding hydrogens is 234 g/mol. The van der Waals surface area contributed by atoms with Gasteiger partial charge in [0.15, 0.2) is 0 Å². The summed E-state index contributed by atoms with van der Waals surface area (Å²) >= 11 is 5.83. The summed E-state index contributed by atoms with van der Waals surface area (Å²) < 4.78 is 0. The van der Waals surface area contributed by atoms with E-state index in [1.54, 1.807) is 12.3 Å². The molecule has 4 heteroatoms. The van der Waals surface area contributed by atoms with Gasteiger partial charge in [-0.1, -0.05) is 11.6 Å². The summed E-state index contributed by atoms with van der Waals surface area (Å²) in [6.45, 7) is 1.01. The average Bonchev–Trinajstić information content (AvgIpc) is 3.15. The molecule has 1 aromatic heterocycles. The molecule has 2 aliphatic carbocycles. The standard InChI is InChI=1S/C13H18ClN3/c14-10-5-12(15)13(16-6-10)17-7-11(8-1-2-8)9-3-4-9/h5-6,8-9,11H,1-4,7,15H2,(H,16,17). The van der Waals surface area contributed by atoms with Gasteiger partial charge in [-0.2, -0.15) is 0 Å². The van der Waals surface area contributed by atoms with E-state index in [1.165, 1.54) is 25.7 Å². The Morgan fingerprint density at radius 3 is 2.53 bits per heavy atom. The molecule has 17 heavy (non-hydrogen) atoms. The molecule has 1 aromatic rings. The third kappa shape index (κ3) is 2.65. The van der Waals surface area contributed by atoms with Gasteiger partial charge in [-0.05, 0) is 49.5 Å². The van der Waals surface area contributed by atoms with E-state index in [1.807, 2.05) is 0 Å². The highest BCUT2D eigenvalue weighted by Gasteiger charge is 2.41. The van der Waals surface area contributed by atoms with Crippen molar-refractivity contribution in [3.8, 4) is 0 Å². The Hall–Kier alpha value is -0.960. The number of hydrogen-bond acceptors (Lipinski definition) is 3. The summed E-state index contributed by atoms with van der Waals surface area (Å²) in [5.74, 6) is 3.50. The van der Waals surface area contributed by atoms with Crippen LogP contribution in [0, 0.1) is 17.8 Å². The van der Waals surface area contributed by atoms with Gasteiger partial charge in [0.05, 0.1) is 10.7 Å². The van der Waals surface area contributed by atoms with E-state index in [9.17, 15) is 0 Å². The Morgan fingerprint density at radius 1 is 1.35 bits per heavy atom. The van der Waals surface area contributed by atoms with Crippen molar-refractivity contribution in [1.82, 2.24) is 4.98 Å². The van der Waals surface area contributed by atoms with Gasteiger partial charge in [0.25, 0.3) is 0 Å². The molecule has 0 atom stereocenters. The summed E-state index contributed by atoms with van der Waals surface area (Å²) in [5.41, 5.74) is 6.52. The highest BCUT2D eigenvalue weighted by atomic mass is 35.5. The summed E-state index contributed by atoms with van der Waals surface area (Å²) in [7, 11) is 0. The van der Waals surface area contributed by atoms with Gasteiger partial charge in [0.1, 0.15) is 5.82 Å². The van der Waals surface area contributed by atoms with E-state index < -0.39 is 0 Å². The number of nitrogens with one attached hydrogen (secondary N) is 1. The van der Waals surface area contributed by atoms with Crippen molar-refractivity contribution >= 4 is 23.1 Å². The molecule has 0 amide bonds. The maximum absolute atomic E-state index is 5.88. The number of rotatable bonds is 5. The van der Waals surface area contributed by atoms with Gasteiger partial charge in [-0.25, -0.2) is 4.98 Å². The molecule has 0 saturated heterocycles. The molecule has 0 radical (unpaired) electrons. The van der Waals surface area contributed by atoms with Crippen LogP contribution < -0.4 is 11.1 Å². The maximum atomic E-state index is 5.88. The topological polar surface area (TPSA) is 50.9 Å². The minimum atomic E-state index is 0.592. The number of hydrogen-bond donors (Lipinski definition) is 2. The molecular formula is C13H18ClN3. The van der Waals surface area contributed by atoms with Crippen LogP contribution in [0.3, 0.4) is 0 Å². The average molecular weight is 252 g/mol. The first kappa shape index (κ1) is 11.1. The van der Waals surface area contributed by atoms with Crippen LogP contribution in [0.5, 0.6) is 0 Å². The van der Waals surface area contributed by atoms with Gasteiger partial charge in [0.2, 0.25) is 0 Å². The van der Waals surface area contributed by atoms with Gasteiger partial charge >= 0.3 is 0 Å². The SMILES string of the molecule is Nc1cc(Cl)cnc1NCC(C1CC1)C1CC1. The maximum Gasteiger partial charge on any atom is 0.149 e. The second-order valence-corrected chi connectivity index (χ2v) is 5.75. The Kier molecular flexibility index (Phi) is 2.87. The molecule has 0 bridgehead atoms. The van der Waals surface area contributed by atoms with Crippen molar-refractivity contribution in [1.29, 1.82) is 0 Å². The quantitative estimate of drug-likeness (QED) is 0.845. The van der Waals surface area contributed by atoms with Crippen LogP contribution in [0.2, 0.25) is 5.02 Å². The lowest BCUT2D eigenvalue weighted by atomic mass is 9.98. The Bertz CT molecular complexity index is 401. The fourth-order valence-corrected chi connectivity index (χ4v) is 2.75. The zero-order chi connectivity index (χ0) is 11.8. The molecule has 3 N–H and O–H groups in total. The molecule has 2 aliphatic rings. The molecule has 3 rings (SSSR count). The Labute approximate surface area is 107 Å². The lowest BCUT2D eigenvalue weighted by Gasteiger charge is -2.17. The van der Waals surface area contributed by atoms with Crippen LogP contribution in [0.25, 0.3) is 0 Å². The van der Waals surface area contributed by atoms with Gasteiger partial charge < -0.3 is 11.1 Å². The van der Waals surface area contributed by atoms with Gasteiger partial charge in [-0.3, -0.25) is 0 Å². The lowest BCUT2D eigenvalue weighted by molar-refractivity contribution is 0.428. The smallest absolute Gasteiger partial charge is 0.149 e. The van der Waals surface area contributed by atoms with Crippen LogP contribution in [-0.2, 0) is 0 Å². The first-order chi connectivity index (χ1) is 8.24. The fraction of sp³-hybridized carbons (Fsp3) is 0.615. The van der Waals surface area contributed by atoms with Crippen LogP contribution >= 0.6 is 11.6 Å². The predicted octanol–water partition coefficient (Wildman–Crippen LogP) is 3.17. The number of halogens is 1. The number of aromatic nitrogens is 1. The molecule has 2 fully saturated rings. The zero-order valence-corrected chi connectivity index (χ0v) is 10.6. The molecule has 1 heterocycles. The highest BCUT2D eigenvalue weighted by molar-refractivity contribution is 6.30. The van der Waals surface area contributed by atoms with Crippen molar-refractivity contribution in [3.63, 3.8) is 0 Å². The third-order valence-electron chi connectivity index (χ3n) is 3.84. The summed E-state index contributed by atoms with van der Waals surface area (Å²) in [5, 5.41) is 3.98. The summed E-state index contributed by atoms with van der Waals surface area (Å²) in [6.07, 6.45) is 7.28. The monoisotopic (exact) mass is 251 g/mol. The summed E-state index contributed by atoms with van der Waals surface area (Å²) in [6, 6.07) is 1.75. The highest BCUT2D eigenvalue weighted by Crippen LogP contribution is 2.49. The zero-order valence-electron chi connectivity index (χ0n) is 9.82. The third-order valence-corrected chi connectivity index (χ3v) is 4.05. The molecule has 0 aliphatic heterocycles. The first-order valence-electron chi connectivity index (χ1n) is 6.39. The van der Waals surface area contributed by atoms with Gasteiger partial charge in [-0.15, -0.1) is 0 Å². The Morgan fingerprint density at radius 2 is 2.00 bits per heavy atom. The number of nitrogens with zero attached hydrogens (tertiary/aromatic N) is 1. The van der Waals surface area contributed by atoms with Crippen LogP contribution in [0.4, 0.5) is 11.5 Å². The molecule has 3 nitrogen and oxygen atoms in total. The van der Waals surface area contributed by atoms with Crippen molar-refractivity contribution in [2.45, 2.75) is 25.7 Å². The van der Waals surface area contributed by atoms with E-state index >= 15 is 0 Å². The predicted molar refractivity (Wildman–Crippen MR) is 71.1 cm³/mol. The largest absolute Gasteiger partial charge is 0.396 e. The van der Waals surface area contributed by atoms with Crippen molar-refractivity contribution < 1.29 is 0 Å². The van der Waals surface area contributed by atoms with E-state index in [0.717, 1.165) is 30.1 Å². The molecule has 0 unspecified atom stereocenters. The minimum absolute atomic E-state index is 0.592. The Balaban J connectivity index is 1.62. The normalized spacial score (nSPS) is 19.6. The van der Waals surface area contributed by atoms with Crippen LogP contribution in [0.15, 0.2) is 12.3 Å². The second kappa shape index (κ2) is 4.37. The molecule has 92 valence electrons. The number of nitrogen functional groups attached to an aromatic ring is 1. The first-order valence-corrected chi connectivity index (χ1v) is 6.76. The van der Waals surface area contributed by atoms with Gasteiger partial charge in [0, 0.05) is 12.7 Å². The molecule has 2 saturated carbocycles.